The van der Waals surface area contributed by atoms with Crippen LogP contribution in [-0.4, -0.2) is 56.3 Å². The number of hydrazine groups is 1. The van der Waals surface area contributed by atoms with Crippen LogP contribution in [0.2, 0.25) is 0 Å². The third-order valence-electron chi connectivity index (χ3n) is 3.62. The van der Waals surface area contributed by atoms with Crippen LogP contribution in [0.3, 0.4) is 0 Å². The number of nitrogens with zero attached hydrogens (tertiary/aromatic N) is 2. The van der Waals surface area contributed by atoms with E-state index in [1.807, 2.05) is 19.9 Å². The van der Waals surface area contributed by atoms with Crippen molar-refractivity contribution in [1.82, 2.24) is 15.3 Å². The molecule has 0 radical (unpaired) electrons. The van der Waals surface area contributed by atoms with Crippen molar-refractivity contribution in [2.45, 2.75) is 20.4 Å². The Bertz CT molecular complexity index is 432. The summed E-state index contributed by atoms with van der Waals surface area (Å²) in [6.07, 6.45) is 0. The van der Waals surface area contributed by atoms with Crippen LogP contribution in [0.1, 0.15) is 19.4 Å². The van der Waals surface area contributed by atoms with Gasteiger partial charge in [0.2, 0.25) is 0 Å². The molecular formula is C16H27N3O2. The SMILES string of the molecule is CCOc1ccc(CNN2CCN(C)CC2)cc1OCC. The van der Waals surface area contributed by atoms with Gasteiger partial charge in [0.25, 0.3) is 0 Å². The molecule has 0 aromatic heterocycles. The van der Waals surface area contributed by atoms with Crippen molar-refractivity contribution >= 4 is 0 Å². The Morgan fingerprint density at radius 2 is 1.67 bits per heavy atom. The first-order valence-electron chi connectivity index (χ1n) is 7.78. The molecule has 21 heavy (non-hydrogen) atoms. The molecule has 2 rings (SSSR count). The number of nitrogens with one attached hydrogen (secondary N) is 1. The molecule has 1 aromatic rings. The lowest BCUT2D eigenvalue weighted by molar-refractivity contribution is 0.102. The summed E-state index contributed by atoms with van der Waals surface area (Å²) in [5, 5.41) is 2.29. The molecule has 0 unspecified atom stereocenters. The minimum Gasteiger partial charge on any atom is -0.490 e. The van der Waals surface area contributed by atoms with E-state index in [0.29, 0.717) is 13.2 Å². The van der Waals surface area contributed by atoms with Gasteiger partial charge in [0.05, 0.1) is 13.2 Å². The van der Waals surface area contributed by atoms with Crippen LogP contribution in [0.25, 0.3) is 0 Å². The highest BCUT2D eigenvalue weighted by Gasteiger charge is 2.13. The second kappa shape index (κ2) is 8.22. The van der Waals surface area contributed by atoms with Crippen molar-refractivity contribution in [3.8, 4) is 11.5 Å². The Labute approximate surface area is 127 Å². The molecule has 0 spiro atoms. The average Bonchev–Trinajstić information content (AvgIpc) is 2.49. The van der Waals surface area contributed by atoms with Crippen molar-refractivity contribution < 1.29 is 9.47 Å². The van der Waals surface area contributed by atoms with E-state index in [2.05, 4.69) is 34.5 Å². The van der Waals surface area contributed by atoms with Crippen LogP contribution < -0.4 is 14.9 Å². The highest BCUT2D eigenvalue weighted by Crippen LogP contribution is 2.28. The summed E-state index contributed by atoms with van der Waals surface area (Å²) in [5.74, 6) is 1.65. The predicted molar refractivity (Wildman–Crippen MR) is 84.7 cm³/mol. The lowest BCUT2D eigenvalue weighted by Gasteiger charge is -2.32. The molecule has 1 fully saturated rings. The maximum atomic E-state index is 5.66. The zero-order valence-corrected chi connectivity index (χ0v) is 13.4. The van der Waals surface area contributed by atoms with Crippen LogP contribution in [0.5, 0.6) is 11.5 Å². The zero-order valence-electron chi connectivity index (χ0n) is 13.4. The van der Waals surface area contributed by atoms with Gasteiger partial charge in [-0.2, -0.15) is 0 Å². The fourth-order valence-electron chi connectivity index (χ4n) is 2.37. The number of ether oxygens (including phenoxy) is 2. The molecule has 0 saturated carbocycles. The molecule has 1 aliphatic heterocycles. The Balaban J connectivity index is 1.92. The van der Waals surface area contributed by atoms with Gasteiger partial charge in [-0.25, -0.2) is 5.01 Å². The van der Waals surface area contributed by atoms with E-state index in [1.54, 1.807) is 0 Å². The topological polar surface area (TPSA) is 37.0 Å². The van der Waals surface area contributed by atoms with Crippen LogP contribution in [0.4, 0.5) is 0 Å². The van der Waals surface area contributed by atoms with E-state index < -0.39 is 0 Å². The lowest BCUT2D eigenvalue weighted by Crippen LogP contribution is -2.50. The summed E-state index contributed by atoms with van der Waals surface area (Å²) < 4.78 is 11.3. The van der Waals surface area contributed by atoms with Gasteiger partial charge in [0, 0.05) is 32.7 Å². The largest absolute Gasteiger partial charge is 0.490 e. The van der Waals surface area contributed by atoms with Gasteiger partial charge in [0.15, 0.2) is 11.5 Å². The third-order valence-corrected chi connectivity index (χ3v) is 3.62. The quantitative estimate of drug-likeness (QED) is 0.829. The minimum atomic E-state index is 0.648. The number of rotatable bonds is 7. The van der Waals surface area contributed by atoms with Crippen LogP contribution in [-0.2, 0) is 6.54 Å². The lowest BCUT2D eigenvalue weighted by atomic mass is 10.2. The maximum Gasteiger partial charge on any atom is 0.161 e. The molecule has 1 heterocycles. The summed E-state index contributed by atoms with van der Waals surface area (Å²) in [5.41, 5.74) is 4.70. The van der Waals surface area contributed by atoms with Crippen molar-refractivity contribution in [2.24, 2.45) is 0 Å². The monoisotopic (exact) mass is 293 g/mol. The maximum absolute atomic E-state index is 5.66. The van der Waals surface area contributed by atoms with Gasteiger partial charge in [-0.05, 0) is 38.6 Å². The molecule has 0 amide bonds. The number of benzene rings is 1. The molecule has 0 atom stereocenters. The van der Waals surface area contributed by atoms with Gasteiger partial charge < -0.3 is 14.4 Å². The smallest absolute Gasteiger partial charge is 0.161 e. The van der Waals surface area contributed by atoms with Crippen molar-refractivity contribution in [1.29, 1.82) is 0 Å². The fourth-order valence-corrected chi connectivity index (χ4v) is 2.37. The molecule has 1 saturated heterocycles. The highest BCUT2D eigenvalue weighted by molar-refractivity contribution is 5.43. The molecular weight excluding hydrogens is 266 g/mol. The first kappa shape index (κ1) is 16.1. The molecule has 1 N–H and O–H groups in total. The summed E-state index contributed by atoms with van der Waals surface area (Å²) >= 11 is 0. The third kappa shape index (κ3) is 4.88. The van der Waals surface area contributed by atoms with Crippen molar-refractivity contribution in [3.05, 3.63) is 23.8 Å². The van der Waals surface area contributed by atoms with E-state index in [4.69, 9.17) is 9.47 Å². The van der Waals surface area contributed by atoms with Crippen molar-refractivity contribution in [2.75, 3.05) is 46.4 Å². The highest BCUT2D eigenvalue weighted by atomic mass is 16.5. The second-order valence-electron chi connectivity index (χ2n) is 5.27. The first-order valence-corrected chi connectivity index (χ1v) is 7.78. The van der Waals surface area contributed by atoms with Gasteiger partial charge in [-0.3, -0.25) is 5.43 Å². The van der Waals surface area contributed by atoms with Gasteiger partial charge in [0.1, 0.15) is 0 Å². The fraction of sp³-hybridized carbons (Fsp3) is 0.625. The standard InChI is InChI=1S/C16H27N3O2/c1-4-20-15-7-6-14(12-16(15)21-5-2)13-17-19-10-8-18(3)9-11-19/h6-7,12,17H,4-5,8-11,13H2,1-3H3. The summed E-state index contributed by atoms with van der Waals surface area (Å²) in [7, 11) is 2.16. The Kier molecular flexibility index (Phi) is 6.29. The second-order valence-corrected chi connectivity index (χ2v) is 5.27. The Morgan fingerprint density at radius 3 is 2.33 bits per heavy atom. The van der Waals surface area contributed by atoms with Crippen LogP contribution >= 0.6 is 0 Å². The molecule has 1 aliphatic rings. The number of likely N-dealkylation sites (N-methyl/N-ethyl adjacent to an activating group) is 1. The summed E-state index contributed by atoms with van der Waals surface area (Å²) in [4.78, 5) is 2.35. The Morgan fingerprint density at radius 1 is 1.00 bits per heavy atom. The molecule has 118 valence electrons. The average molecular weight is 293 g/mol. The Hall–Kier alpha value is -1.30. The van der Waals surface area contributed by atoms with Crippen LogP contribution in [0.15, 0.2) is 18.2 Å². The van der Waals surface area contributed by atoms with Gasteiger partial charge >= 0.3 is 0 Å². The van der Waals surface area contributed by atoms with Gasteiger partial charge in [-0.1, -0.05) is 6.07 Å². The zero-order chi connectivity index (χ0) is 15.1. The predicted octanol–water partition coefficient (Wildman–Crippen LogP) is 1.74. The first-order chi connectivity index (χ1) is 10.2. The minimum absolute atomic E-state index is 0.648. The van der Waals surface area contributed by atoms with E-state index >= 15 is 0 Å². The van der Waals surface area contributed by atoms with E-state index in [-0.39, 0.29) is 0 Å². The summed E-state index contributed by atoms with van der Waals surface area (Å²) in [6, 6.07) is 6.16. The molecule has 0 bridgehead atoms. The van der Waals surface area contributed by atoms with E-state index in [1.165, 1.54) is 5.56 Å². The molecule has 5 nitrogen and oxygen atoms in total. The van der Waals surface area contributed by atoms with Crippen LogP contribution in [0, 0.1) is 0 Å². The molecule has 5 heteroatoms. The number of hydrogen-bond acceptors (Lipinski definition) is 5. The number of piperazine rings is 1. The van der Waals surface area contributed by atoms with Gasteiger partial charge in [-0.15, -0.1) is 0 Å². The van der Waals surface area contributed by atoms with Crippen molar-refractivity contribution in [3.63, 3.8) is 0 Å². The number of hydrogen-bond donors (Lipinski definition) is 1. The molecule has 1 aromatic carbocycles. The van der Waals surface area contributed by atoms with E-state index in [9.17, 15) is 0 Å². The normalized spacial score (nSPS) is 16.9. The van der Waals surface area contributed by atoms with E-state index in [0.717, 1.165) is 44.2 Å². The molecule has 0 aliphatic carbocycles. The summed E-state index contributed by atoms with van der Waals surface area (Å²) in [6.45, 7) is 10.4.